The SMILES string of the molecule is C=CC[SiH](C)C1CCCCO1. The van der Waals surface area contributed by atoms with Gasteiger partial charge in [-0.2, -0.15) is 0 Å². The molecule has 1 fully saturated rings. The maximum atomic E-state index is 5.71. The van der Waals surface area contributed by atoms with E-state index in [1.54, 1.807) is 0 Å². The third kappa shape index (κ3) is 2.79. The van der Waals surface area contributed by atoms with E-state index in [0.717, 1.165) is 6.61 Å². The first kappa shape index (κ1) is 9.01. The van der Waals surface area contributed by atoms with Gasteiger partial charge >= 0.3 is 0 Å². The van der Waals surface area contributed by atoms with Crippen molar-refractivity contribution < 1.29 is 4.74 Å². The molecule has 0 amide bonds. The van der Waals surface area contributed by atoms with Crippen molar-refractivity contribution in [1.29, 1.82) is 0 Å². The normalized spacial score (nSPS) is 27.9. The van der Waals surface area contributed by atoms with E-state index in [0.29, 0.717) is 5.73 Å². The van der Waals surface area contributed by atoms with Gasteiger partial charge in [0, 0.05) is 12.3 Å². The van der Waals surface area contributed by atoms with Crippen LogP contribution in [0.2, 0.25) is 12.6 Å². The predicted octanol–water partition coefficient (Wildman–Crippen LogP) is 2.14. The summed E-state index contributed by atoms with van der Waals surface area (Å²) >= 11 is 0. The molecule has 0 N–H and O–H groups in total. The van der Waals surface area contributed by atoms with Crippen molar-refractivity contribution >= 4 is 8.80 Å². The van der Waals surface area contributed by atoms with Crippen molar-refractivity contribution in [1.82, 2.24) is 0 Å². The molecular formula is C9H18OSi. The Labute approximate surface area is 71.1 Å². The Kier molecular flexibility index (Phi) is 3.87. The van der Waals surface area contributed by atoms with Crippen LogP contribution in [0.5, 0.6) is 0 Å². The van der Waals surface area contributed by atoms with Crippen LogP contribution in [0.1, 0.15) is 19.3 Å². The van der Waals surface area contributed by atoms with Crippen molar-refractivity contribution in [2.45, 2.75) is 37.6 Å². The highest BCUT2D eigenvalue weighted by Crippen LogP contribution is 2.16. The molecule has 0 saturated carbocycles. The Morgan fingerprint density at radius 2 is 2.45 bits per heavy atom. The Balaban J connectivity index is 2.26. The van der Waals surface area contributed by atoms with E-state index in [1.165, 1.54) is 25.3 Å². The van der Waals surface area contributed by atoms with E-state index >= 15 is 0 Å². The highest BCUT2D eigenvalue weighted by Gasteiger charge is 2.20. The first-order valence-corrected chi connectivity index (χ1v) is 7.21. The predicted molar refractivity (Wildman–Crippen MR) is 51.6 cm³/mol. The lowest BCUT2D eigenvalue weighted by Crippen LogP contribution is -2.33. The lowest BCUT2D eigenvalue weighted by Gasteiger charge is -2.26. The molecule has 1 heterocycles. The minimum Gasteiger partial charge on any atom is -0.382 e. The van der Waals surface area contributed by atoms with E-state index in [2.05, 4.69) is 19.2 Å². The molecule has 1 nitrogen and oxygen atoms in total. The Morgan fingerprint density at radius 1 is 1.64 bits per heavy atom. The fraction of sp³-hybridized carbons (Fsp3) is 0.778. The summed E-state index contributed by atoms with van der Waals surface area (Å²) in [5, 5.41) is 0. The van der Waals surface area contributed by atoms with E-state index in [4.69, 9.17) is 4.74 Å². The van der Waals surface area contributed by atoms with E-state index in [9.17, 15) is 0 Å². The molecule has 0 bridgehead atoms. The average Bonchev–Trinajstić information content (AvgIpc) is 2.07. The second kappa shape index (κ2) is 4.73. The van der Waals surface area contributed by atoms with E-state index < -0.39 is 8.80 Å². The summed E-state index contributed by atoms with van der Waals surface area (Å²) in [6.45, 7) is 7.16. The zero-order chi connectivity index (χ0) is 8.10. The minimum atomic E-state index is -0.624. The van der Waals surface area contributed by atoms with Crippen LogP contribution in [0.3, 0.4) is 0 Å². The quantitative estimate of drug-likeness (QED) is 0.466. The molecule has 2 unspecified atom stereocenters. The van der Waals surface area contributed by atoms with Gasteiger partial charge in [-0.25, -0.2) is 0 Å². The molecule has 2 heteroatoms. The van der Waals surface area contributed by atoms with Crippen LogP contribution in [0, 0.1) is 0 Å². The third-order valence-electron chi connectivity index (χ3n) is 2.39. The third-order valence-corrected chi connectivity index (χ3v) is 5.26. The Bertz CT molecular complexity index is 119. The molecule has 0 spiro atoms. The lowest BCUT2D eigenvalue weighted by atomic mass is 10.2. The summed E-state index contributed by atoms with van der Waals surface area (Å²) in [6.07, 6.45) is 6.00. The van der Waals surface area contributed by atoms with Crippen LogP contribution < -0.4 is 0 Å². The number of hydrogen-bond donors (Lipinski definition) is 0. The fourth-order valence-corrected chi connectivity index (χ4v) is 3.73. The van der Waals surface area contributed by atoms with Crippen molar-refractivity contribution in [2.24, 2.45) is 0 Å². The fourth-order valence-electron chi connectivity index (χ4n) is 1.63. The van der Waals surface area contributed by atoms with Crippen molar-refractivity contribution in [2.75, 3.05) is 6.61 Å². The monoisotopic (exact) mass is 170 g/mol. The number of allylic oxidation sites excluding steroid dienone is 1. The highest BCUT2D eigenvalue weighted by atomic mass is 28.3. The molecular weight excluding hydrogens is 152 g/mol. The first-order chi connectivity index (χ1) is 5.34. The van der Waals surface area contributed by atoms with Gasteiger partial charge in [-0.3, -0.25) is 0 Å². The summed E-state index contributed by atoms with van der Waals surface area (Å²) in [6, 6.07) is 1.23. The van der Waals surface area contributed by atoms with Crippen molar-refractivity contribution in [3.63, 3.8) is 0 Å². The molecule has 0 aromatic carbocycles. The Hall–Kier alpha value is -0.0831. The molecule has 0 aliphatic carbocycles. The van der Waals surface area contributed by atoms with Crippen LogP contribution in [-0.4, -0.2) is 21.1 Å². The molecule has 64 valence electrons. The minimum absolute atomic E-state index is 0.624. The molecule has 1 rings (SSSR count). The molecule has 2 atom stereocenters. The molecule has 0 radical (unpaired) electrons. The molecule has 0 aromatic heterocycles. The summed E-state index contributed by atoms with van der Waals surface area (Å²) in [5.41, 5.74) is 0.641. The van der Waals surface area contributed by atoms with Crippen LogP contribution >= 0.6 is 0 Å². The van der Waals surface area contributed by atoms with Crippen LogP contribution in [0.25, 0.3) is 0 Å². The van der Waals surface area contributed by atoms with Gasteiger partial charge in [-0.15, -0.1) is 6.58 Å². The first-order valence-electron chi connectivity index (χ1n) is 4.57. The number of hydrogen-bond acceptors (Lipinski definition) is 1. The maximum Gasteiger partial charge on any atom is 0.0723 e. The molecule has 1 saturated heterocycles. The van der Waals surface area contributed by atoms with Gasteiger partial charge in [0.1, 0.15) is 0 Å². The second-order valence-corrected chi connectivity index (χ2v) is 6.58. The summed E-state index contributed by atoms with van der Waals surface area (Å²) in [7, 11) is -0.624. The molecule has 1 aliphatic heterocycles. The lowest BCUT2D eigenvalue weighted by molar-refractivity contribution is 0.0628. The second-order valence-electron chi connectivity index (χ2n) is 3.41. The molecule has 0 aromatic rings. The average molecular weight is 170 g/mol. The molecule has 1 aliphatic rings. The van der Waals surface area contributed by atoms with Gasteiger partial charge in [0.05, 0.1) is 8.80 Å². The van der Waals surface area contributed by atoms with Gasteiger partial charge < -0.3 is 4.74 Å². The summed E-state index contributed by atoms with van der Waals surface area (Å²) in [5.74, 6) is 0. The zero-order valence-electron chi connectivity index (χ0n) is 7.38. The summed E-state index contributed by atoms with van der Waals surface area (Å²) < 4.78 is 5.71. The molecule has 11 heavy (non-hydrogen) atoms. The highest BCUT2D eigenvalue weighted by molar-refractivity contribution is 6.59. The van der Waals surface area contributed by atoms with Crippen LogP contribution in [0.15, 0.2) is 12.7 Å². The van der Waals surface area contributed by atoms with Crippen molar-refractivity contribution in [3.05, 3.63) is 12.7 Å². The number of rotatable bonds is 3. The van der Waals surface area contributed by atoms with E-state index in [-0.39, 0.29) is 0 Å². The van der Waals surface area contributed by atoms with Gasteiger partial charge in [-0.05, 0) is 25.3 Å². The van der Waals surface area contributed by atoms with Gasteiger partial charge in [0.2, 0.25) is 0 Å². The van der Waals surface area contributed by atoms with Crippen LogP contribution in [-0.2, 0) is 4.74 Å². The maximum absolute atomic E-state index is 5.71. The van der Waals surface area contributed by atoms with Gasteiger partial charge in [-0.1, -0.05) is 12.6 Å². The van der Waals surface area contributed by atoms with E-state index in [1.807, 2.05) is 0 Å². The number of ether oxygens (including phenoxy) is 1. The zero-order valence-corrected chi connectivity index (χ0v) is 8.54. The van der Waals surface area contributed by atoms with Gasteiger partial charge in [0.15, 0.2) is 0 Å². The summed E-state index contributed by atoms with van der Waals surface area (Å²) in [4.78, 5) is 0. The smallest absolute Gasteiger partial charge is 0.0723 e. The van der Waals surface area contributed by atoms with Gasteiger partial charge in [0.25, 0.3) is 0 Å². The topological polar surface area (TPSA) is 9.23 Å². The van der Waals surface area contributed by atoms with Crippen LogP contribution in [0.4, 0.5) is 0 Å². The largest absolute Gasteiger partial charge is 0.382 e. The Morgan fingerprint density at radius 3 is 3.00 bits per heavy atom. The van der Waals surface area contributed by atoms with Crippen molar-refractivity contribution in [3.8, 4) is 0 Å². The standard InChI is InChI=1S/C9H18OSi/c1-3-8-11(2)9-6-4-5-7-10-9/h3,9,11H,1,4-8H2,2H3.